The van der Waals surface area contributed by atoms with Crippen LogP contribution in [0.15, 0.2) is 48.5 Å². The van der Waals surface area contributed by atoms with E-state index in [2.05, 4.69) is 10.0 Å². The summed E-state index contributed by atoms with van der Waals surface area (Å²) in [5.41, 5.74) is -0.0637. The van der Waals surface area contributed by atoms with E-state index in [9.17, 15) is 26.4 Å². The summed E-state index contributed by atoms with van der Waals surface area (Å²) in [6.07, 6.45) is -3.46. The van der Waals surface area contributed by atoms with E-state index in [1.54, 1.807) is 19.1 Å². The molecule has 0 saturated carbocycles. The maximum atomic E-state index is 12.6. The summed E-state index contributed by atoms with van der Waals surface area (Å²) in [4.78, 5) is 12.4. The molecule has 1 unspecified atom stereocenters. The van der Waals surface area contributed by atoms with Gasteiger partial charge in [-0.2, -0.15) is 13.2 Å². The minimum Gasteiger partial charge on any atom is -0.345 e. The van der Waals surface area contributed by atoms with E-state index in [1.807, 2.05) is 0 Å². The quantitative estimate of drug-likeness (QED) is 0.825. The van der Waals surface area contributed by atoms with Gasteiger partial charge in [-0.25, -0.2) is 8.42 Å². The minimum atomic E-state index is -4.43. The van der Waals surface area contributed by atoms with Crippen molar-refractivity contribution in [2.45, 2.75) is 19.1 Å². The normalized spacial score (nSPS) is 13.1. The third-order valence-corrected chi connectivity index (χ3v) is 4.14. The Morgan fingerprint density at radius 1 is 1.04 bits per heavy atom. The van der Waals surface area contributed by atoms with E-state index < -0.39 is 33.7 Å². The van der Waals surface area contributed by atoms with Gasteiger partial charge >= 0.3 is 6.18 Å². The van der Waals surface area contributed by atoms with Crippen molar-refractivity contribution in [1.29, 1.82) is 0 Å². The zero-order valence-electron chi connectivity index (χ0n) is 14.0. The van der Waals surface area contributed by atoms with Crippen LogP contribution in [0.3, 0.4) is 0 Å². The van der Waals surface area contributed by atoms with Gasteiger partial charge in [-0.3, -0.25) is 9.52 Å². The van der Waals surface area contributed by atoms with Gasteiger partial charge < -0.3 is 5.32 Å². The van der Waals surface area contributed by atoms with Gasteiger partial charge in [-0.05, 0) is 36.8 Å². The molecular weight excluding hydrogens is 369 g/mol. The van der Waals surface area contributed by atoms with Crippen LogP contribution in [-0.4, -0.2) is 20.6 Å². The zero-order valence-corrected chi connectivity index (χ0v) is 14.8. The Morgan fingerprint density at radius 2 is 1.62 bits per heavy atom. The first-order valence-electron chi connectivity index (χ1n) is 7.52. The average molecular weight is 386 g/mol. The first kappa shape index (κ1) is 19.8. The smallest absolute Gasteiger partial charge is 0.345 e. The Morgan fingerprint density at radius 3 is 2.15 bits per heavy atom. The molecule has 0 heterocycles. The van der Waals surface area contributed by atoms with E-state index in [0.29, 0.717) is 5.56 Å². The average Bonchev–Trinajstić information content (AvgIpc) is 2.53. The molecule has 0 aliphatic rings. The number of halogens is 3. The van der Waals surface area contributed by atoms with Crippen LogP contribution < -0.4 is 10.0 Å². The standard InChI is InChI=1S/C17H17F3N2O3S/c1-11(12-7-9-13(10-8-12)17(18,19)20)21-16(23)14-5-3-4-6-15(14)22-26(2,24)25/h3-11,22H,1-2H3,(H,21,23). The molecule has 0 saturated heterocycles. The number of nitrogens with one attached hydrogen (secondary N) is 2. The fourth-order valence-corrected chi connectivity index (χ4v) is 2.87. The number of amides is 1. The molecule has 9 heteroatoms. The van der Waals surface area contributed by atoms with E-state index >= 15 is 0 Å². The van der Waals surface area contributed by atoms with Gasteiger partial charge in [0.1, 0.15) is 0 Å². The summed E-state index contributed by atoms with van der Waals surface area (Å²) in [6, 6.07) is 9.92. The van der Waals surface area contributed by atoms with E-state index in [4.69, 9.17) is 0 Å². The molecule has 0 fully saturated rings. The molecule has 2 aromatic rings. The second-order valence-electron chi connectivity index (χ2n) is 5.73. The van der Waals surface area contributed by atoms with Gasteiger partial charge in [-0.1, -0.05) is 24.3 Å². The number of anilines is 1. The van der Waals surface area contributed by atoms with Crippen LogP contribution in [0.1, 0.15) is 34.5 Å². The van der Waals surface area contributed by atoms with Crippen LogP contribution in [0.2, 0.25) is 0 Å². The lowest BCUT2D eigenvalue weighted by Crippen LogP contribution is -2.28. The molecule has 140 valence electrons. The molecule has 0 radical (unpaired) electrons. The van der Waals surface area contributed by atoms with Crippen molar-refractivity contribution in [3.63, 3.8) is 0 Å². The van der Waals surface area contributed by atoms with Crippen LogP contribution in [0, 0.1) is 0 Å². The zero-order chi connectivity index (χ0) is 19.5. The summed E-state index contributed by atoms with van der Waals surface area (Å²) in [5, 5.41) is 2.64. The number of benzene rings is 2. The van der Waals surface area contributed by atoms with Crippen LogP contribution in [0.5, 0.6) is 0 Å². The number of sulfonamides is 1. The third-order valence-electron chi connectivity index (χ3n) is 3.55. The number of alkyl halides is 3. The highest BCUT2D eigenvalue weighted by Crippen LogP contribution is 2.30. The van der Waals surface area contributed by atoms with Gasteiger partial charge in [0.15, 0.2) is 0 Å². The van der Waals surface area contributed by atoms with Gasteiger partial charge in [0.25, 0.3) is 5.91 Å². The molecule has 2 rings (SSSR count). The van der Waals surface area contributed by atoms with Crippen LogP contribution in [0.25, 0.3) is 0 Å². The first-order valence-corrected chi connectivity index (χ1v) is 9.41. The fourth-order valence-electron chi connectivity index (χ4n) is 2.29. The second kappa shape index (κ2) is 7.36. The molecule has 1 amide bonds. The highest BCUT2D eigenvalue weighted by molar-refractivity contribution is 7.92. The predicted octanol–water partition coefficient (Wildman–Crippen LogP) is 3.57. The molecule has 0 aliphatic carbocycles. The SMILES string of the molecule is CC(NC(=O)c1ccccc1NS(C)(=O)=O)c1ccc(C(F)(F)F)cc1. The number of hydrogen-bond acceptors (Lipinski definition) is 3. The van der Waals surface area contributed by atoms with Gasteiger partial charge in [0.2, 0.25) is 10.0 Å². The van der Waals surface area contributed by atoms with Crippen molar-refractivity contribution < 1.29 is 26.4 Å². The number of para-hydroxylation sites is 1. The molecule has 1 atom stereocenters. The molecule has 0 aliphatic heterocycles. The number of hydrogen-bond donors (Lipinski definition) is 2. The summed E-state index contributed by atoms with van der Waals surface area (Å²) >= 11 is 0. The van der Waals surface area contributed by atoms with E-state index in [-0.39, 0.29) is 11.3 Å². The predicted molar refractivity (Wildman–Crippen MR) is 92.2 cm³/mol. The molecule has 2 aromatic carbocycles. The Labute approximate surface area is 149 Å². The monoisotopic (exact) mass is 386 g/mol. The lowest BCUT2D eigenvalue weighted by molar-refractivity contribution is -0.137. The van der Waals surface area contributed by atoms with Crippen molar-refractivity contribution >= 4 is 21.6 Å². The Kier molecular flexibility index (Phi) is 5.60. The maximum absolute atomic E-state index is 12.6. The van der Waals surface area contributed by atoms with Crippen molar-refractivity contribution in [3.05, 3.63) is 65.2 Å². The molecule has 26 heavy (non-hydrogen) atoms. The summed E-state index contributed by atoms with van der Waals surface area (Å²) in [7, 11) is -3.57. The van der Waals surface area contributed by atoms with Crippen LogP contribution in [0.4, 0.5) is 18.9 Å². The molecule has 0 bridgehead atoms. The Bertz CT molecular complexity index is 894. The second-order valence-corrected chi connectivity index (χ2v) is 7.48. The van der Waals surface area contributed by atoms with Crippen molar-refractivity contribution in [1.82, 2.24) is 5.32 Å². The van der Waals surface area contributed by atoms with Crippen molar-refractivity contribution in [2.24, 2.45) is 0 Å². The van der Waals surface area contributed by atoms with Gasteiger partial charge in [0, 0.05) is 0 Å². The van der Waals surface area contributed by atoms with Crippen molar-refractivity contribution in [2.75, 3.05) is 11.0 Å². The van der Waals surface area contributed by atoms with E-state index in [1.165, 1.54) is 24.3 Å². The Hall–Kier alpha value is -2.55. The lowest BCUT2D eigenvalue weighted by atomic mass is 10.0. The highest BCUT2D eigenvalue weighted by Gasteiger charge is 2.30. The van der Waals surface area contributed by atoms with Crippen molar-refractivity contribution in [3.8, 4) is 0 Å². The van der Waals surface area contributed by atoms with Crippen LogP contribution >= 0.6 is 0 Å². The molecule has 2 N–H and O–H groups in total. The number of rotatable bonds is 5. The van der Waals surface area contributed by atoms with Gasteiger partial charge in [0.05, 0.1) is 29.1 Å². The first-order chi connectivity index (χ1) is 12.0. The summed E-state index contributed by atoms with van der Waals surface area (Å²) < 4.78 is 62.9. The van der Waals surface area contributed by atoms with E-state index in [0.717, 1.165) is 18.4 Å². The number of carbonyl (C=O) groups excluding carboxylic acids is 1. The minimum absolute atomic E-state index is 0.108. The topological polar surface area (TPSA) is 75.3 Å². The Balaban J connectivity index is 2.17. The maximum Gasteiger partial charge on any atom is 0.416 e. The summed E-state index contributed by atoms with van der Waals surface area (Å²) in [6.45, 7) is 1.62. The fraction of sp³-hybridized carbons (Fsp3) is 0.235. The van der Waals surface area contributed by atoms with Crippen LogP contribution in [-0.2, 0) is 16.2 Å². The lowest BCUT2D eigenvalue weighted by Gasteiger charge is -2.17. The summed E-state index contributed by atoms with van der Waals surface area (Å²) in [5.74, 6) is -0.552. The molecule has 5 nitrogen and oxygen atoms in total. The largest absolute Gasteiger partial charge is 0.416 e. The molecule has 0 aromatic heterocycles. The molecular formula is C17H17F3N2O3S. The van der Waals surface area contributed by atoms with Gasteiger partial charge in [-0.15, -0.1) is 0 Å². The third kappa shape index (κ3) is 5.22. The number of carbonyl (C=O) groups is 1. The molecule has 0 spiro atoms. The highest BCUT2D eigenvalue weighted by atomic mass is 32.2.